The van der Waals surface area contributed by atoms with E-state index in [0.29, 0.717) is 6.04 Å². The minimum Gasteiger partial charge on any atom is -0.313 e. The van der Waals surface area contributed by atoms with Crippen LogP contribution in [0, 0.1) is 13.8 Å². The van der Waals surface area contributed by atoms with Crippen LogP contribution in [0.5, 0.6) is 0 Å². The summed E-state index contributed by atoms with van der Waals surface area (Å²) in [7, 11) is 0. The third-order valence-electron chi connectivity index (χ3n) is 3.57. The Morgan fingerprint density at radius 1 is 1.14 bits per heavy atom. The van der Waals surface area contributed by atoms with Gasteiger partial charge in [-0.25, -0.2) is 0 Å². The van der Waals surface area contributed by atoms with E-state index < -0.39 is 0 Å². The second kappa shape index (κ2) is 8.11. The Hall–Kier alpha value is -0.640. The number of rotatable bonds is 7. The van der Waals surface area contributed by atoms with Crippen LogP contribution in [0.2, 0.25) is 0 Å². The van der Waals surface area contributed by atoms with Crippen molar-refractivity contribution in [3.8, 4) is 0 Å². The van der Waals surface area contributed by atoms with Crippen molar-refractivity contribution >= 4 is 27.3 Å². The Bertz CT molecular complexity index is 556. The van der Waals surface area contributed by atoms with Crippen LogP contribution in [0.3, 0.4) is 0 Å². The summed E-state index contributed by atoms with van der Waals surface area (Å²) in [5.74, 6) is 0. The maximum atomic E-state index is 3.71. The van der Waals surface area contributed by atoms with Gasteiger partial charge in [-0.05, 0) is 72.6 Å². The molecule has 114 valence electrons. The number of nitrogens with one attached hydrogen (secondary N) is 1. The van der Waals surface area contributed by atoms with Crippen LogP contribution in [0.25, 0.3) is 0 Å². The van der Waals surface area contributed by atoms with Crippen molar-refractivity contribution in [1.82, 2.24) is 5.32 Å². The lowest BCUT2D eigenvalue weighted by molar-refractivity contribution is 0.507. The molecule has 21 heavy (non-hydrogen) atoms. The molecule has 1 aromatic carbocycles. The largest absolute Gasteiger partial charge is 0.313 e. The fourth-order valence-electron chi connectivity index (χ4n) is 2.73. The number of hydrogen-bond donors (Lipinski definition) is 1. The molecular weight excluding hydrogens is 342 g/mol. The highest BCUT2D eigenvalue weighted by atomic mass is 79.9. The summed E-state index contributed by atoms with van der Waals surface area (Å²) in [6.45, 7) is 7.67. The van der Waals surface area contributed by atoms with E-state index in [1.807, 2.05) is 11.3 Å². The maximum Gasteiger partial charge on any atom is 0.0314 e. The molecule has 3 heteroatoms. The van der Waals surface area contributed by atoms with Crippen molar-refractivity contribution in [2.24, 2.45) is 0 Å². The lowest BCUT2D eigenvalue weighted by Gasteiger charge is -2.19. The van der Waals surface area contributed by atoms with E-state index in [9.17, 15) is 0 Å². The monoisotopic (exact) mass is 365 g/mol. The molecule has 0 radical (unpaired) electrons. The van der Waals surface area contributed by atoms with Crippen molar-refractivity contribution < 1.29 is 0 Å². The Balaban J connectivity index is 2.10. The van der Waals surface area contributed by atoms with Gasteiger partial charge in [-0.15, -0.1) is 11.3 Å². The summed E-state index contributed by atoms with van der Waals surface area (Å²) < 4.78 is 1.25. The molecule has 0 bridgehead atoms. The summed E-state index contributed by atoms with van der Waals surface area (Å²) in [5.41, 5.74) is 4.15. The molecule has 0 amide bonds. The van der Waals surface area contributed by atoms with E-state index in [-0.39, 0.29) is 0 Å². The third-order valence-corrected chi connectivity index (χ3v) is 5.52. The summed E-state index contributed by atoms with van der Waals surface area (Å²) in [5, 5.41) is 5.87. The number of hydrogen-bond acceptors (Lipinski definition) is 2. The molecule has 0 saturated carbocycles. The molecule has 0 aliphatic carbocycles. The predicted molar refractivity (Wildman–Crippen MR) is 97.4 cm³/mol. The van der Waals surface area contributed by atoms with Gasteiger partial charge in [0.25, 0.3) is 0 Å². The first-order chi connectivity index (χ1) is 10.1. The highest BCUT2D eigenvalue weighted by molar-refractivity contribution is 9.10. The molecule has 2 rings (SSSR count). The van der Waals surface area contributed by atoms with Crippen molar-refractivity contribution in [1.29, 1.82) is 0 Å². The summed E-state index contributed by atoms with van der Waals surface area (Å²) in [6, 6.07) is 9.52. The van der Waals surface area contributed by atoms with Crippen LogP contribution in [0.4, 0.5) is 0 Å². The molecule has 1 heterocycles. The van der Waals surface area contributed by atoms with Crippen LogP contribution in [-0.4, -0.2) is 12.6 Å². The zero-order chi connectivity index (χ0) is 15.2. The fourth-order valence-corrected chi connectivity index (χ4v) is 4.33. The molecule has 1 aromatic heterocycles. The Morgan fingerprint density at radius 2 is 1.86 bits per heavy atom. The minimum absolute atomic E-state index is 0.501. The highest BCUT2D eigenvalue weighted by Gasteiger charge is 2.13. The standard InChI is InChI=1S/C18H24BrNS/c1-4-6-20-16(12-18-17(19)5-7-21-18)11-15-9-13(2)8-14(3)10-15/h5,7-10,16,20H,4,6,11-12H2,1-3H3. The van der Waals surface area contributed by atoms with Crippen molar-refractivity contribution in [3.05, 3.63) is 55.7 Å². The molecule has 1 N–H and O–H groups in total. The second-order valence-electron chi connectivity index (χ2n) is 5.75. The van der Waals surface area contributed by atoms with Crippen molar-refractivity contribution in [3.63, 3.8) is 0 Å². The molecule has 0 spiro atoms. The zero-order valence-electron chi connectivity index (χ0n) is 13.1. The van der Waals surface area contributed by atoms with E-state index in [2.05, 4.69) is 71.7 Å². The first-order valence-electron chi connectivity index (χ1n) is 7.61. The first-order valence-corrected chi connectivity index (χ1v) is 9.28. The summed E-state index contributed by atoms with van der Waals surface area (Å²) in [6.07, 6.45) is 3.35. The van der Waals surface area contributed by atoms with E-state index >= 15 is 0 Å². The molecule has 0 saturated heterocycles. The smallest absolute Gasteiger partial charge is 0.0314 e. The summed E-state index contributed by atoms with van der Waals surface area (Å²) in [4.78, 5) is 1.44. The second-order valence-corrected chi connectivity index (χ2v) is 7.60. The van der Waals surface area contributed by atoms with Gasteiger partial charge in [0.05, 0.1) is 0 Å². The number of benzene rings is 1. The van der Waals surface area contributed by atoms with Gasteiger partial charge in [-0.2, -0.15) is 0 Å². The van der Waals surface area contributed by atoms with Crippen molar-refractivity contribution in [2.45, 2.75) is 46.1 Å². The van der Waals surface area contributed by atoms with Gasteiger partial charge >= 0.3 is 0 Å². The van der Waals surface area contributed by atoms with Crippen LogP contribution >= 0.6 is 27.3 Å². The highest BCUT2D eigenvalue weighted by Crippen LogP contribution is 2.25. The van der Waals surface area contributed by atoms with Gasteiger partial charge in [0.1, 0.15) is 0 Å². The topological polar surface area (TPSA) is 12.0 Å². The van der Waals surface area contributed by atoms with Gasteiger partial charge in [-0.1, -0.05) is 36.2 Å². The molecule has 2 aromatic rings. The molecular formula is C18H24BrNS. The van der Waals surface area contributed by atoms with Crippen molar-refractivity contribution in [2.75, 3.05) is 6.54 Å². The van der Waals surface area contributed by atoms with Gasteiger partial charge in [0.2, 0.25) is 0 Å². The third kappa shape index (κ3) is 5.24. The molecule has 1 atom stereocenters. The maximum absolute atomic E-state index is 3.71. The number of aryl methyl sites for hydroxylation is 2. The lowest BCUT2D eigenvalue weighted by atomic mass is 9.99. The molecule has 0 aliphatic rings. The van der Waals surface area contributed by atoms with E-state index in [1.54, 1.807) is 0 Å². The van der Waals surface area contributed by atoms with Gasteiger partial charge < -0.3 is 5.32 Å². The molecule has 1 nitrogen and oxygen atoms in total. The Kier molecular flexibility index (Phi) is 6.46. The zero-order valence-corrected chi connectivity index (χ0v) is 15.5. The van der Waals surface area contributed by atoms with E-state index in [0.717, 1.165) is 19.4 Å². The van der Waals surface area contributed by atoms with Crippen LogP contribution in [0.15, 0.2) is 34.1 Å². The van der Waals surface area contributed by atoms with Crippen LogP contribution in [0.1, 0.15) is 34.9 Å². The number of halogens is 1. The fraction of sp³-hybridized carbons (Fsp3) is 0.444. The molecule has 0 fully saturated rings. The summed E-state index contributed by atoms with van der Waals surface area (Å²) >= 11 is 5.50. The number of thiophene rings is 1. The van der Waals surface area contributed by atoms with Gasteiger partial charge in [0, 0.05) is 15.4 Å². The Labute approximate surface area is 140 Å². The normalized spacial score (nSPS) is 12.6. The average molecular weight is 366 g/mol. The predicted octanol–water partition coefficient (Wildman–Crippen LogP) is 5.28. The van der Waals surface area contributed by atoms with Gasteiger partial charge in [0.15, 0.2) is 0 Å². The van der Waals surface area contributed by atoms with Crippen LogP contribution < -0.4 is 5.32 Å². The molecule has 1 unspecified atom stereocenters. The first kappa shape index (κ1) is 16.7. The average Bonchev–Trinajstić information content (AvgIpc) is 2.80. The lowest BCUT2D eigenvalue weighted by Crippen LogP contribution is -2.33. The van der Waals surface area contributed by atoms with Crippen LogP contribution in [-0.2, 0) is 12.8 Å². The Morgan fingerprint density at radius 3 is 2.43 bits per heavy atom. The van der Waals surface area contributed by atoms with E-state index in [1.165, 1.54) is 32.5 Å². The minimum atomic E-state index is 0.501. The van der Waals surface area contributed by atoms with Gasteiger partial charge in [-0.3, -0.25) is 0 Å². The van der Waals surface area contributed by atoms with E-state index in [4.69, 9.17) is 0 Å². The molecule has 0 aliphatic heterocycles. The SMILES string of the molecule is CCCNC(Cc1cc(C)cc(C)c1)Cc1sccc1Br. The quantitative estimate of drug-likeness (QED) is 0.703.